The quantitative estimate of drug-likeness (QED) is 0.602. The zero-order valence-corrected chi connectivity index (χ0v) is 19.7. The lowest BCUT2D eigenvalue weighted by Gasteiger charge is -2.36. The minimum Gasteiger partial charge on any atom is -0.444 e. The van der Waals surface area contributed by atoms with Gasteiger partial charge in [-0.2, -0.15) is 0 Å². The molecule has 2 amide bonds. The highest BCUT2D eigenvalue weighted by atomic mass is 79.9. The van der Waals surface area contributed by atoms with Gasteiger partial charge in [0.1, 0.15) is 11.2 Å². The fourth-order valence-corrected chi connectivity index (χ4v) is 4.06. The van der Waals surface area contributed by atoms with Gasteiger partial charge >= 0.3 is 6.09 Å². The number of amides is 2. The molecule has 0 bridgehead atoms. The SMILES string of the molecule is CC(C)C(=O)Nc1c[nH]c2ncc(Br)c(N3CCCC(NC(=O)OC(C)(C)C)C3)c12. The first-order valence-electron chi connectivity index (χ1n) is 10.3. The zero-order valence-electron chi connectivity index (χ0n) is 18.1. The highest BCUT2D eigenvalue weighted by Crippen LogP contribution is 2.39. The van der Waals surface area contributed by atoms with Crippen LogP contribution < -0.4 is 15.5 Å². The van der Waals surface area contributed by atoms with E-state index in [9.17, 15) is 9.59 Å². The fraction of sp³-hybridized carbons (Fsp3) is 0.571. The number of ether oxygens (including phenoxy) is 1. The number of H-pyrrole nitrogens is 1. The zero-order chi connectivity index (χ0) is 22.1. The van der Waals surface area contributed by atoms with Crippen LogP contribution in [0.5, 0.6) is 0 Å². The van der Waals surface area contributed by atoms with E-state index < -0.39 is 11.7 Å². The molecule has 0 radical (unpaired) electrons. The van der Waals surface area contributed by atoms with Gasteiger partial charge in [-0.05, 0) is 49.5 Å². The van der Waals surface area contributed by atoms with Crippen molar-refractivity contribution in [3.8, 4) is 0 Å². The summed E-state index contributed by atoms with van der Waals surface area (Å²) < 4.78 is 6.25. The van der Waals surface area contributed by atoms with E-state index in [1.807, 2.05) is 34.6 Å². The van der Waals surface area contributed by atoms with Gasteiger partial charge in [0.05, 0.1) is 21.2 Å². The van der Waals surface area contributed by atoms with Crippen molar-refractivity contribution in [1.82, 2.24) is 15.3 Å². The van der Waals surface area contributed by atoms with E-state index in [0.29, 0.717) is 17.9 Å². The van der Waals surface area contributed by atoms with Gasteiger partial charge < -0.3 is 25.3 Å². The van der Waals surface area contributed by atoms with Crippen LogP contribution in [0.15, 0.2) is 16.9 Å². The van der Waals surface area contributed by atoms with Crippen LogP contribution in [-0.4, -0.2) is 46.7 Å². The van der Waals surface area contributed by atoms with E-state index in [1.54, 1.807) is 12.4 Å². The van der Waals surface area contributed by atoms with Crippen LogP contribution in [0.2, 0.25) is 0 Å². The molecule has 2 aromatic rings. The predicted octanol–water partition coefficient (Wildman–Crippen LogP) is 4.41. The molecule has 1 aliphatic rings. The Morgan fingerprint density at radius 3 is 2.77 bits per heavy atom. The molecule has 164 valence electrons. The molecule has 9 heteroatoms. The van der Waals surface area contributed by atoms with Crippen LogP contribution in [0.25, 0.3) is 11.0 Å². The third-order valence-corrected chi connectivity index (χ3v) is 5.45. The number of pyridine rings is 1. The Hall–Kier alpha value is -2.29. The number of piperidine rings is 1. The normalized spacial score (nSPS) is 17.3. The molecule has 3 N–H and O–H groups in total. The number of aromatic nitrogens is 2. The van der Waals surface area contributed by atoms with Crippen molar-refractivity contribution in [1.29, 1.82) is 0 Å². The lowest BCUT2D eigenvalue weighted by atomic mass is 10.0. The first-order valence-corrected chi connectivity index (χ1v) is 11.1. The first kappa shape index (κ1) is 22.4. The molecule has 0 aliphatic carbocycles. The lowest BCUT2D eigenvalue weighted by molar-refractivity contribution is -0.118. The molecular weight excluding hydrogens is 450 g/mol. The van der Waals surface area contributed by atoms with Gasteiger partial charge in [-0.15, -0.1) is 0 Å². The second-order valence-corrected chi connectivity index (χ2v) is 9.81. The van der Waals surface area contributed by atoms with E-state index >= 15 is 0 Å². The van der Waals surface area contributed by atoms with Gasteiger partial charge in [0.15, 0.2) is 0 Å². The molecule has 2 aromatic heterocycles. The average Bonchev–Trinajstić information content (AvgIpc) is 3.03. The van der Waals surface area contributed by atoms with Crippen LogP contribution in [0.1, 0.15) is 47.5 Å². The number of hydrogen-bond donors (Lipinski definition) is 3. The number of hydrogen-bond acceptors (Lipinski definition) is 5. The number of halogens is 1. The molecule has 0 aromatic carbocycles. The maximum Gasteiger partial charge on any atom is 0.407 e. The van der Waals surface area contributed by atoms with Crippen molar-refractivity contribution in [2.45, 2.75) is 59.1 Å². The Balaban J connectivity index is 1.86. The topological polar surface area (TPSA) is 99.4 Å². The number of fused-ring (bicyclic) bond motifs is 1. The van der Waals surface area contributed by atoms with E-state index in [1.165, 1.54) is 0 Å². The van der Waals surface area contributed by atoms with E-state index in [2.05, 4.69) is 41.4 Å². The Bertz CT molecular complexity index is 935. The highest BCUT2D eigenvalue weighted by Gasteiger charge is 2.27. The lowest BCUT2D eigenvalue weighted by Crippen LogP contribution is -2.49. The number of nitrogens with one attached hydrogen (secondary N) is 3. The van der Waals surface area contributed by atoms with Crippen molar-refractivity contribution in [3.05, 3.63) is 16.9 Å². The summed E-state index contributed by atoms with van der Waals surface area (Å²) in [5.41, 5.74) is 1.83. The van der Waals surface area contributed by atoms with E-state index in [4.69, 9.17) is 4.74 Å². The Morgan fingerprint density at radius 1 is 1.37 bits per heavy atom. The Morgan fingerprint density at radius 2 is 2.10 bits per heavy atom. The van der Waals surface area contributed by atoms with Gasteiger partial charge in [-0.1, -0.05) is 13.8 Å². The van der Waals surface area contributed by atoms with E-state index in [0.717, 1.165) is 34.9 Å². The minimum absolute atomic E-state index is 0.0311. The van der Waals surface area contributed by atoms with Crippen molar-refractivity contribution in [3.63, 3.8) is 0 Å². The number of carbonyl (C=O) groups excluding carboxylic acids is 2. The number of carbonyl (C=O) groups is 2. The predicted molar refractivity (Wildman–Crippen MR) is 122 cm³/mol. The van der Waals surface area contributed by atoms with Crippen LogP contribution >= 0.6 is 15.9 Å². The third-order valence-electron chi connectivity index (χ3n) is 4.87. The second-order valence-electron chi connectivity index (χ2n) is 8.96. The molecule has 1 fully saturated rings. The first-order chi connectivity index (χ1) is 14.0. The molecule has 1 saturated heterocycles. The standard InChI is InChI=1S/C21H30BrN5O3/c1-12(2)19(28)26-15-10-24-18-16(15)17(14(22)9-23-18)27-8-6-7-13(11-27)25-20(29)30-21(3,4)5/h9-10,12-13H,6-8,11H2,1-5H3,(H,23,24)(H,25,29)(H,26,28). The minimum atomic E-state index is -0.534. The molecule has 1 atom stereocenters. The van der Waals surface area contributed by atoms with Crippen LogP contribution in [0, 0.1) is 5.92 Å². The van der Waals surface area contributed by atoms with Crippen LogP contribution in [0.4, 0.5) is 16.2 Å². The molecular formula is C21H30BrN5O3. The number of aromatic amines is 1. The largest absolute Gasteiger partial charge is 0.444 e. The van der Waals surface area contributed by atoms with E-state index in [-0.39, 0.29) is 17.9 Å². The number of anilines is 2. The van der Waals surface area contributed by atoms with Crippen molar-refractivity contribution in [2.75, 3.05) is 23.3 Å². The molecule has 1 unspecified atom stereocenters. The van der Waals surface area contributed by atoms with Crippen molar-refractivity contribution < 1.29 is 14.3 Å². The number of rotatable bonds is 4. The number of nitrogens with zero attached hydrogens (tertiary/aromatic N) is 2. The van der Waals surface area contributed by atoms with Crippen molar-refractivity contribution >= 4 is 50.3 Å². The van der Waals surface area contributed by atoms with Gasteiger partial charge in [0.25, 0.3) is 0 Å². The third kappa shape index (κ3) is 5.24. The van der Waals surface area contributed by atoms with Crippen molar-refractivity contribution in [2.24, 2.45) is 5.92 Å². The Labute approximate surface area is 185 Å². The molecule has 3 rings (SSSR count). The second kappa shape index (κ2) is 8.83. The summed E-state index contributed by atoms with van der Waals surface area (Å²) in [4.78, 5) is 34.3. The van der Waals surface area contributed by atoms with Crippen LogP contribution in [-0.2, 0) is 9.53 Å². The molecule has 0 spiro atoms. The fourth-order valence-electron chi connectivity index (χ4n) is 3.51. The van der Waals surface area contributed by atoms with Gasteiger partial charge in [0.2, 0.25) is 5.91 Å². The van der Waals surface area contributed by atoms with Gasteiger partial charge in [-0.3, -0.25) is 4.79 Å². The summed E-state index contributed by atoms with van der Waals surface area (Å²) >= 11 is 3.63. The summed E-state index contributed by atoms with van der Waals surface area (Å²) in [5.74, 6) is -0.180. The summed E-state index contributed by atoms with van der Waals surface area (Å²) in [6.07, 6.45) is 4.93. The van der Waals surface area contributed by atoms with Gasteiger partial charge in [-0.25, -0.2) is 9.78 Å². The van der Waals surface area contributed by atoms with Crippen LogP contribution in [0.3, 0.4) is 0 Å². The monoisotopic (exact) mass is 479 g/mol. The molecule has 8 nitrogen and oxygen atoms in total. The maximum atomic E-state index is 12.3. The van der Waals surface area contributed by atoms with Gasteiger partial charge in [0, 0.05) is 37.4 Å². The number of alkyl carbamates (subject to hydrolysis) is 1. The molecule has 30 heavy (non-hydrogen) atoms. The maximum absolute atomic E-state index is 12.3. The summed E-state index contributed by atoms with van der Waals surface area (Å²) in [6.45, 7) is 10.7. The summed E-state index contributed by atoms with van der Waals surface area (Å²) in [5, 5.41) is 6.84. The smallest absolute Gasteiger partial charge is 0.407 e. The molecule has 0 saturated carbocycles. The molecule has 3 heterocycles. The summed E-state index contributed by atoms with van der Waals surface area (Å²) in [6, 6.07) is -0.0311. The summed E-state index contributed by atoms with van der Waals surface area (Å²) in [7, 11) is 0. The Kier molecular flexibility index (Phi) is 6.59. The molecule has 1 aliphatic heterocycles. The average molecular weight is 480 g/mol. The highest BCUT2D eigenvalue weighted by molar-refractivity contribution is 9.10.